The molecule has 64 valence electrons. The van der Waals surface area contributed by atoms with Gasteiger partial charge in [0.05, 0.1) is 6.26 Å². The fourth-order valence-electron chi connectivity index (χ4n) is 0.628. The van der Waals surface area contributed by atoms with Crippen LogP contribution in [-0.2, 0) is 14.3 Å². The van der Waals surface area contributed by atoms with Crippen molar-refractivity contribution in [3.63, 3.8) is 0 Å². The minimum absolute atomic E-state index is 0.329. The summed E-state index contributed by atoms with van der Waals surface area (Å²) in [6.07, 6.45) is 3.66. The van der Waals surface area contributed by atoms with E-state index < -0.39 is 0 Å². The Morgan fingerprint density at radius 2 is 2.09 bits per heavy atom. The first-order valence-corrected chi connectivity index (χ1v) is 3.63. The number of hydrogen-bond donors (Lipinski definition) is 0. The number of ether oxygens (including phenoxy) is 2. The maximum atomic E-state index is 9.75. The average Bonchev–Trinajstić information content (AvgIpc) is 2.41. The van der Waals surface area contributed by atoms with E-state index in [9.17, 15) is 4.79 Å². The molecule has 0 aromatic heterocycles. The predicted molar refractivity (Wildman–Crippen MR) is 42.0 cm³/mol. The summed E-state index contributed by atoms with van der Waals surface area (Å²) in [5.41, 5.74) is 0. The number of rotatable bonds is 1. The lowest BCUT2D eigenvalue weighted by Gasteiger charge is -1.83. The third-order valence-corrected chi connectivity index (χ3v) is 1.08. The summed E-state index contributed by atoms with van der Waals surface area (Å²) < 4.78 is 9.11. The maximum Gasteiger partial charge on any atom is 0.307 e. The summed E-state index contributed by atoms with van der Waals surface area (Å²) in [5, 5.41) is 0. The molecule has 1 heterocycles. The molecule has 0 aromatic rings. The fraction of sp³-hybridized carbons (Fsp3) is 0.625. The van der Waals surface area contributed by atoms with Crippen molar-refractivity contribution in [1.82, 2.24) is 0 Å². The van der Waals surface area contributed by atoms with Crippen LogP contribution in [0.25, 0.3) is 0 Å². The van der Waals surface area contributed by atoms with Crippen LogP contribution in [-0.4, -0.2) is 19.2 Å². The highest BCUT2D eigenvalue weighted by atomic mass is 16.5. The van der Waals surface area contributed by atoms with Crippen molar-refractivity contribution in [3.05, 3.63) is 12.8 Å². The Labute approximate surface area is 67.0 Å². The molecule has 1 fully saturated rings. The molecule has 0 aliphatic carbocycles. The Balaban J connectivity index is 0.000000183. The van der Waals surface area contributed by atoms with E-state index >= 15 is 0 Å². The second-order valence-electron chi connectivity index (χ2n) is 2.10. The van der Waals surface area contributed by atoms with Gasteiger partial charge in [0, 0.05) is 20.1 Å². The molecule has 0 N–H and O–H groups in total. The molecule has 1 aliphatic rings. The number of carbonyl (C=O) groups excluding carboxylic acids is 1. The van der Waals surface area contributed by atoms with Crippen LogP contribution in [0, 0.1) is 0 Å². The van der Waals surface area contributed by atoms with Crippen LogP contribution < -0.4 is 0 Å². The molecule has 0 aromatic carbocycles. The van der Waals surface area contributed by atoms with Gasteiger partial charge in [0.15, 0.2) is 0 Å². The Bertz CT molecular complexity index is 109. The number of hydrogen-bond acceptors (Lipinski definition) is 3. The highest BCUT2D eigenvalue weighted by Gasteiger charge is 1.94. The first-order valence-electron chi connectivity index (χ1n) is 3.63. The van der Waals surface area contributed by atoms with Crippen molar-refractivity contribution in [2.75, 3.05) is 13.2 Å². The summed E-state index contributed by atoms with van der Waals surface area (Å²) in [5.74, 6) is -0.329. The van der Waals surface area contributed by atoms with Gasteiger partial charge >= 0.3 is 5.97 Å². The third kappa shape index (κ3) is 9.17. The van der Waals surface area contributed by atoms with E-state index in [1.165, 1.54) is 19.8 Å². The second-order valence-corrected chi connectivity index (χ2v) is 2.10. The molecule has 3 heteroatoms. The van der Waals surface area contributed by atoms with Gasteiger partial charge in [-0.15, -0.1) is 0 Å². The molecule has 0 bridgehead atoms. The predicted octanol–water partition coefficient (Wildman–Crippen LogP) is 1.49. The van der Waals surface area contributed by atoms with Crippen LogP contribution in [0.5, 0.6) is 0 Å². The molecule has 0 atom stereocenters. The van der Waals surface area contributed by atoms with Crippen LogP contribution in [0.3, 0.4) is 0 Å². The largest absolute Gasteiger partial charge is 0.435 e. The molecule has 11 heavy (non-hydrogen) atoms. The standard InChI is InChI=1S/C4H6O2.C4H8O/c1-3-6-4(2)5;1-2-4-5-3-1/h3H,1H2,2H3;1-4H2. The summed E-state index contributed by atoms with van der Waals surface area (Å²) in [6.45, 7) is 6.48. The van der Waals surface area contributed by atoms with Gasteiger partial charge in [-0.1, -0.05) is 6.58 Å². The Morgan fingerprint density at radius 3 is 2.18 bits per heavy atom. The van der Waals surface area contributed by atoms with Gasteiger partial charge < -0.3 is 9.47 Å². The minimum atomic E-state index is -0.329. The summed E-state index contributed by atoms with van der Waals surface area (Å²) >= 11 is 0. The van der Waals surface area contributed by atoms with E-state index in [1.807, 2.05) is 0 Å². The highest BCUT2D eigenvalue weighted by molar-refractivity contribution is 5.66. The molecule has 0 spiro atoms. The van der Waals surface area contributed by atoms with Crippen LogP contribution in [0.2, 0.25) is 0 Å². The monoisotopic (exact) mass is 158 g/mol. The smallest absolute Gasteiger partial charge is 0.307 e. The third-order valence-electron chi connectivity index (χ3n) is 1.08. The average molecular weight is 158 g/mol. The van der Waals surface area contributed by atoms with Crippen molar-refractivity contribution in [2.24, 2.45) is 0 Å². The Morgan fingerprint density at radius 1 is 1.55 bits per heavy atom. The van der Waals surface area contributed by atoms with Gasteiger partial charge in [0.25, 0.3) is 0 Å². The van der Waals surface area contributed by atoms with Gasteiger partial charge in [-0.3, -0.25) is 4.79 Å². The lowest BCUT2D eigenvalue weighted by molar-refractivity contribution is -0.135. The number of carbonyl (C=O) groups is 1. The van der Waals surface area contributed by atoms with E-state index in [1.54, 1.807) is 0 Å². The molecule has 1 saturated heterocycles. The van der Waals surface area contributed by atoms with Gasteiger partial charge in [-0.2, -0.15) is 0 Å². The van der Waals surface area contributed by atoms with Crippen molar-refractivity contribution in [1.29, 1.82) is 0 Å². The lowest BCUT2D eigenvalue weighted by atomic mass is 10.4. The van der Waals surface area contributed by atoms with E-state index in [2.05, 4.69) is 11.3 Å². The first-order chi connectivity index (χ1) is 5.27. The zero-order valence-electron chi connectivity index (χ0n) is 6.84. The molecule has 0 unspecified atom stereocenters. The molecule has 0 amide bonds. The Hall–Kier alpha value is -0.830. The summed E-state index contributed by atoms with van der Waals surface area (Å²) in [7, 11) is 0. The fourth-order valence-corrected chi connectivity index (χ4v) is 0.628. The molecule has 1 rings (SSSR count). The summed E-state index contributed by atoms with van der Waals surface area (Å²) in [6, 6.07) is 0. The molecular formula is C8H14O3. The lowest BCUT2D eigenvalue weighted by Crippen LogP contribution is -1.87. The van der Waals surface area contributed by atoms with Crippen LogP contribution in [0.15, 0.2) is 12.8 Å². The van der Waals surface area contributed by atoms with E-state index in [0.29, 0.717) is 0 Å². The van der Waals surface area contributed by atoms with Gasteiger partial charge in [0.1, 0.15) is 0 Å². The first kappa shape index (κ1) is 10.2. The topological polar surface area (TPSA) is 35.5 Å². The van der Waals surface area contributed by atoms with E-state index in [-0.39, 0.29) is 5.97 Å². The van der Waals surface area contributed by atoms with E-state index in [0.717, 1.165) is 19.5 Å². The van der Waals surface area contributed by atoms with Crippen molar-refractivity contribution >= 4 is 5.97 Å². The van der Waals surface area contributed by atoms with Crippen LogP contribution in [0.1, 0.15) is 19.8 Å². The zero-order valence-corrected chi connectivity index (χ0v) is 6.84. The normalized spacial score (nSPS) is 14.6. The molecule has 3 nitrogen and oxygen atoms in total. The summed E-state index contributed by atoms with van der Waals surface area (Å²) in [4.78, 5) is 9.75. The molecule has 0 radical (unpaired) electrons. The maximum absolute atomic E-state index is 9.75. The molecular weight excluding hydrogens is 144 g/mol. The minimum Gasteiger partial charge on any atom is -0.435 e. The second kappa shape index (κ2) is 7.28. The Kier molecular flexibility index (Phi) is 6.73. The van der Waals surface area contributed by atoms with Crippen LogP contribution in [0.4, 0.5) is 0 Å². The van der Waals surface area contributed by atoms with Crippen LogP contribution >= 0.6 is 0 Å². The molecule has 0 saturated carbocycles. The van der Waals surface area contributed by atoms with E-state index in [4.69, 9.17) is 4.74 Å². The zero-order chi connectivity index (χ0) is 8.53. The molecule has 1 aliphatic heterocycles. The van der Waals surface area contributed by atoms with Crippen molar-refractivity contribution < 1.29 is 14.3 Å². The van der Waals surface area contributed by atoms with Crippen molar-refractivity contribution in [3.8, 4) is 0 Å². The quantitative estimate of drug-likeness (QED) is 0.428. The number of esters is 1. The SMILES string of the molecule is C1CCOC1.C=COC(C)=O. The highest BCUT2D eigenvalue weighted by Crippen LogP contribution is 1.98. The van der Waals surface area contributed by atoms with Gasteiger partial charge in [-0.25, -0.2) is 0 Å². The van der Waals surface area contributed by atoms with Gasteiger partial charge in [0.2, 0.25) is 0 Å². The van der Waals surface area contributed by atoms with Crippen molar-refractivity contribution in [2.45, 2.75) is 19.8 Å². The van der Waals surface area contributed by atoms with Gasteiger partial charge in [-0.05, 0) is 12.8 Å².